The quantitative estimate of drug-likeness (QED) is 0.207. The van der Waals surface area contributed by atoms with Gasteiger partial charge in [0.2, 0.25) is 12.7 Å². The maximum absolute atomic E-state index is 14.4. The molecule has 1 aliphatic heterocycles. The van der Waals surface area contributed by atoms with E-state index in [4.69, 9.17) is 23.4 Å². The van der Waals surface area contributed by atoms with E-state index in [1.807, 2.05) is 30.3 Å². The maximum atomic E-state index is 14.4. The minimum absolute atomic E-state index is 0.0179. The van der Waals surface area contributed by atoms with Crippen molar-refractivity contribution in [2.75, 3.05) is 27.1 Å². The highest BCUT2D eigenvalue weighted by atomic mass is 127. The topological polar surface area (TPSA) is 140 Å². The summed E-state index contributed by atoms with van der Waals surface area (Å²) < 4.78 is 29.6. The van der Waals surface area contributed by atoms with Crippen LogP contribution >= 0.6 is 22.6 Å². The molecule has 4 aromatic rings. The van der Waals surface area contributed by atoms with Gasteiger partial charge < -0.3 is 43.8 Å². The molecular formula is C33H31IN2O9. The van der Waals surface area contributed by atoms with Crippen LogP contribution in [0.5, 0.6) is 23.0 Å². The number of aliphatic hydroxyl groups excluding tert-OH is 2. The molecule has 0 saturated carbocycles. The van der Waals surface area contributed by atoms with Gasteiger partial charge in [-0.1, -0.05) is 30.3 Å². The Balaban J connectivity index is 1.40. The molecule has 0 saturated heterocycles. The van der Waals surface area contributed by atoms with Gasteiger partial charge in [0.15, 0.2) is 28.6 Å². The van der Waals surface area contributed by atoms with Crippen molar-refractivity contribution in [1.82, 2.24) is 10.2 Å². The number of halogens is 1. The Kier molecular flexibility index (Phi) is 9.14. The van der Waals surface area contributed by atoms with Gasteiger partial charge in [-0.3, -0.25) is 9.59 Å². The number of hydrogen-bond donors (Lipinski definition) is 3. The zero-order chi connectivity index (χ0) is 31.5. The van der Waals surface area contributed by atoms with Gasteiger partial charge in [0.25, 0.3) is 5.91 Å². The second-order valence-electron chi connectivity index (χ2n) is 10.6. The van der Waals surface area contributed by atoms with Crippen LogP contribution in [0.4, 0.5) is 0 Å². The van der Waals surface area contributed by atoms with Crippen LogP contribution in [-0.2, 0) is 11.3 Å². The summed E-state index contributed by atoms with van der Waals surface area (Å²) in [5.41, 5.74) is 1.44. The molecule has 0 spiro atoms. The first kappa shape index (κ1) is 30.7. The number of rotatable bonds is 10. The first-order chi connectivity index (χ1) is 21.9. The normalized spacial score (nSPS) is 18.8. The van der Waals surface area contributed by atoms with Crippen molar-refractivity contribution in [2.24, 2.45) is 0 Å². The van der Waals surface area contributed by atoms with Crippen LogP contribution < -0.4 is 24.3 Å². The molecule has 1 aliphatic carbocycles. The summed E-state index contributed by atoms with van der Waals surface area (Å²) in [6.45, 7) is -0.0475. The molecule has 12 heteroatoms. The highest BCUT2D eigenvalue weighted by molar-refractivity contribution is 14.1. The van der Waals surface area contributed by atoms with Gasteiger partial charge in [-0.15, -0.1) is 0 Å². The molecule has 3 aromatic carbocycles. The number of hydrogen-bond acceptors (Lipinski definition) is 9. The van der Waals surface area contributed by atoms with E-state index < -0.39 is 30.1 Å². The Hall–Kier alpha value is -4.27. The minimum Gasteiger partial charge on any atom is -0.493 e. The third-order valence-corrected chi connectivity index (χ3v) is 8.60. The number of nitrogens with one attached hydrogen (secondary N) is 1. The number of carbonyl (C=O) groups excluding carboxylic acids is 2. The van der Waals surface area contributed by atoms with E-state index in [9.17, 15) is 19.8 Å². The first-order valence-electron chi connectivity index (χ1n) is 14.3. The van der Waals surface area contributed by atoms with Crippen molar-refractivity contribution in [3.05, 3.63) is 93.3 Å². The zero-order valence-electron chi connectivity index (χ0n) is 24.3. The lowest BCUT2D eigenvalue weighted by Crippen LogP contribution is -2.54. The summed E-state index contributed by atoms with van der Waals surface area (Å²) in [5.74, 6) is 1.24. The average Bonchev–Trinajstić information content (AvgIpc) is 3.71. The van der Waals surface area contributed by atoms with Crippen LogP contribution in [0.1, 0.15) is 22.5 Å². The van der Waals surface area contributed by atoms with Crippen LogP contribution in [0.2, 0.25) is 0 Å². The highest BCUT2D eigenvalue weighted by Gasteiger charge is 2.41. The van der Waals surface area contributed by atoms with Gasteiger partial charge >= 0.3 is 0 Å². The molecular weight excluding hydrogens is 695 g/mol. The van der Waals surface area contributed by atoms with Crippen molar-refractivity contribution in [3.8, 4) is 23.0 Å². The minimum atomic E-state index is -1.23. The SMILES string of the molecule is COc1cccc2cc(C(=O)N(Cc3ccc4c(c3)OCO4)C3CC(C(=O)NCCO)=CC(Oc4ccccc4I)C3O)oc12. The van der Waals surface area contributed by atoms with Crippen molar-refractivity contribution in [1.29, 1.82) is 0 Å². The van der Waals surface area contributed by atoms with Gasteiger partial charge in [-0.05, 0) is 70.6 Å². The summed E-state index contributed by atoms with van der Waals surface area (Å²) >= 11 is 2.14. The lowest BCUT2D eigenvalue weighted by molar-refractivity contribution is -0.118. The Morgan fingerprint density at radius 3 is 2.64 bits per heavy atom. The van der Waals surface area contributed by atoms with Crippen molar-refractivity contribution in [3.63, 3.8) is 0 Å². The summed E-state index contributed by atoms with van der Waals surface area (Å²) in [6, 6.07) is 18.8. The van der Waals surface area contributed by atoms with Gasteiger partial charge in [0.1, 0.15) is 18.0 Å². The molecule has 0 bridgehead atoms. The lowest BCUT2D eigenvalue weighted by Gasteiger charge is -2.40. The lowest BCUT2D eigenvalue weighted by atomic mass is 9.87. The fourth-order valence-corrected chi connectivity index (χ4v) is 6.00. The van der Waals surface area contributed by atoms with Crippen LogP contribution in [0, 0.1) is 3.57 Å². The van der Waals surface area contributed by atoms with E-state index in [1.165, 1.54) is 12.0 Å². The number of carbonyl (C=O) groups is 2. The third kappa shape index (κ3) is 6.44. The van der Waals surface area contributed by atoms with Crippen LogP contribution in [0.15, 0.2) is 82.8 Å². The molecule has 2 heterocycles. The van der Waals surface area contributed by atoms with Gasteiger partial charge in [-0.2, -0.15) is 0 Å². The van der Waals surface area contributed by atoms with E-state index in [2.05, 4.69) is 27.9 Å². The Morgan fingerprint density at radius 2 is 1.84 bits per heavy atom. The molecule has 3 atom stereocenters. The fourth-order valence-electron chi connectivity index (χ4n) is 5.49. The monoisotopic (exact) mass is 726 g/mol. The molecule has 0 radical (unpaired) electrons. The molecule has 234 valence electrons. The van der Waals surface area contributed by atoms with Crippen molar-refractivity contribution >= 4 is 45.4 Å². The van der Waals surface area contributed by atoms with E-state index in [-0.39, 0.29) is 38.7 Å². The van der Waals surface area contributed by atoms with Crippen LogP contribution in [0.25, 0.3) is 11.0 Å². The number of methoxy groups -OCH3 is 1. The molecule has 1 aromatic heterocycles. The average molecular weight is 727 g/mol. The van der Waals surface area contributed by atoms with Crippen molar-refractivity contribution < 1.29 is 43.2 Å². The van der Waals surface area contributed by atoms with E-state index in [1.54, 1.807) is 42.5 Å². The number of furan rings is 1. The number of amides is 2. The maximum Gasteiger partial charge on any atom is 0.290 e. The summed E-state index contributed by atoms with van der Waals surface area (Å²) in [6.07, 6.45) is -0.611. The summed E-state index contributed by atoms with van der Waals surface area (Å²) in [7, 11) is 1.52. The number of nitrogens with zero attached hydrogens (tertiary/aromatic N) is 1. The number of fused-ring (bicyclic) bond motifs is 2. The second-order valence-corrected chi connectivity index (χ2v) is 11.7. The molecule has 2 amide bonds. The van der Waals surface area contributed by atoms with E-state index >= 15 is 0 Å². The molecule has 3 unspecified atom stereocenters. The molecule has 3 N–H and O–H groups in total. The van der Waals surface area contributed by atoms with Crippen LogP contribution in [-0.4, -0.2) is 72.2 Å². The number of benzene rings is 3. The second kappa shape index (κ2) is 13.4. The molecule has 2 aliphatic rings. The van der Waals surface area contributed by atoms with Crippen LogP contribution in [0.3, 0.4) is 0 Å². The summed E-state index contributed by atoms with van der Waals surface area (Å²) in [4.78, 5) is 29.1. The predicted molar refractivity (Wildman–Crippen MR) is 171 cm³/mol. The largest absolute Gasteiger partial charge is 0.493 e. The molecule has 11 nitrogen and oxygen atoms in total. The zero-order valence-corrected chi connectivity index (χ0v) is 26.4. The van der Waals surface area contributed by atoms with Gasteiger partial charge in [-0.25, -0.2) is 0 Å². The predicted octanol–water partition coefficient (Wildman–Crippen LogP) is 4.03. The van der Waals surface area contributed by atoms with Gasteiger partial charge in [0, 0.05) is 30.5 Å². The fraction of sp³-hybridized carbons (Fsp3) is 0.273. The molecule has 0 fully saturated rings. The standard InChI is InChI=1S/C33H31IN2O9/c1-41-26-8-4-5-20-15-29(45-31(20)26)33(40)36(17-19-9-10-25-27(13-19)43-18-42-25)23-14-21(32(39)35-11-12-37)16-28(30(23)38)44-24-7-3-2-6-22(24)34/h2-10,13,15-16,23,28,30,37-38H,11-12,14,17-18H2,1H3,(H,35,39). The van der Waals surface area contributed by atoms with E-state index in [0.717, 1.165) is 3.57 Å². The number of ether oxygens (including phenoxy) is 4. The summed E-state index contributed by atoms with van der Waals surface area (Å²) in [5, 5.41) is 24.5. The molecule has 6 rings (SSSR count). The third-order valence-electron chi connectivity index (χ3n) is 7.70. The number of para-hydroxylation sites is 2. The Bertz CT molecular complexity index is 1750. The van der Waals surface area contributed by atoms with E-state index in [0.29, 0.717) is 45.1 Å². The number of aliphatic hydroxyl groups is 2. The Morgan fingerprint density at radius 1 is 1.04 bits per heavy atom. The molecule has 45 heavy (non-hydrogen) atoms. The Labute approximate surface area is 272 Å². The smallest absolute Gasteiger partial charge is 0.290 e. The van der Waals surface area contributed by atoms with Crippen molar-refractivity contribution in [2.45, 2.75) is 31.2 Å². The van der Waals surface area contributed by atoms with Gasteiger partial charge in [0.05, 0.1) is 23.3 Å². The first-order valence-corrected chi connectivity index (χ1v) is 15.4. The highest BCUT2D eigenvalue weighted by Crippen LogP contribution is 2.36.